The van der Waals surface area contributed by atoms with E-state index in [0.717, 1.165) is 12.1 Å². The number of hydrogen-bond donors (Lipinski definition) is 0. The van der Waals surface area contributed by atoms with E-state index in [9.17, 15) is 8.78 Å². The highest BCUT2D eigenvalue weighted by Crippen LogP contribution is 2.38. The molecule has 0 unspecified atom stereocenters. The molecule has 0 N–H and O–H groups in total. The molecule has 2 heterocycles. The largest absolute Gasteiger partial charge is 0.497 e. The summed E-state index contributed by atoms with van der Waals surface area (Å²) in [7, 11) is 1.31. The van der Waals surface area contributed by atoms with Gasteiger partial charge in [-0.3, -0.25) is 4.57 Å². The van der Waals surface area contributed by atoms with E-state index in [1.807, 2.05) is 0 Å². The van der Waals surface area contributed by atoms with E-state index in [1.54, 1.807) is 13.0 Å². The molecule has 0 aliphatic carbocycles. The molecule has 0 saturated carbocycles. The third kappa shape index (κ3) is 3.17. The molecule has 4 nitrogen and oxygen atoms in total. The molecule has 3 aromatic rings. The molecule has 25 heavy (non-hydrogen) atoms. The fraction of sp³-hybridized carbons (Fsp3) is 0.125. The predicted molar refractivity (Wildman–Crippen MR) is 93.0 cm³/mol. The first-order chi connectivity index (χ1) is 11.8. The summed E-state index contributed by atoms with van der Waals surface area (Å²) in [6.07, 6.45) is 1.42. The number of imidazole rings is 1. The van der Waals surface area contributed by atoms with Crippen molar-refractivity contribution in [2.45, 2.75) is 6.92 Å². The van der Waals surface area contributed by atoms with Gasteiger partial charge in [0.1, 0.15) is 22.5 Å². The molecule has 0 fully saturated rings. The standard InChI is InChI=1S/C16H10Cl3F2N3O/c1-7-3-12(17)22-6-11(7)24-14(15(18)23-16(24)19)13-9(20)4-8(25-2)5-10(13)21/h3-6H,1-2H3. The minimum Gasteiger partial charge on any atom is -0.497 e. The SMILES string of the molecule is COc1cc(F)c(-c2c(Cl)nc(Cl)n2-c2cnc(Cl)cc2C)c(F)c1. The van der Waals surface area contributed by atoms with E-state index in [1.165, 1.54) is 17.9 Å². The van der Waals surface area contributed by atoms with Crippen LogP contribution in [0.3, 0.4) is 0 Å². The Morgan fingerprint density at radius 1 is 1.08 bits per heavy atom. The van der Waals surface area contributed by atoms with E-state index < -0.39 is 11.6 Å². The Morgan fingerprint density at radius 3 is 2.28 bits per heavy atom. The first kappa shape index (κ1) is 17.9. The highest BCUT2D eigenvalue weighted by atomic mass is 35.5. The molecule has 0 aliphatic heterocycles. The lowest BCUT2D eigenvalue weighted by Crippen LogP contribution is -2.04. The zero-order chi connectivity index (χ0) is 18.3. The number of aromatic nitrogens is 3. The summed E-state index contributed by atoms with van der Waals surface area (Å²) in [4.78, 5) is 7.90. The van der Waals surface area contributed by atoms with Crippen LogP contribution in [0.25, 0.3) is 16.9 Å². The molecule has 0 amide bonds. The molecule has 130 valence electrons. The van der Waals surface area contributed by atoms with Crippen LogP contribution in [0.15, 0.2) is 24.4 Å². The van der Waals surface area contributed by atoms with Crippen LogP contribution in [0.4, 0.5) is 8.78 Å². The third-order valence-corrected chi connectivity index (χ3v) is 4.30. The Hall–Kier alpha value is -1.89. The van der Waals surface area contributed by atoms with Crippen LogP contribution in [0.1, 0.15) is 5.56 Å². The summed E-state index contributed by atoms with van der Waals surface area (Å²) in [5.74, 6) is -1.69. The number of aryl methyl sites for hydroxylation is 1. The minimum atomic E-state index is -0.865. The average molecular weight is 405 g/mol. The normalized spacial score (nSPS) is 11.0. The van der Waals surface area contributed by atoms with Gasteiger partial charge in [-0.15, -0.1) is 0 Å². The number of ether oxygens (including phenoxy) is 1. The number of methoxy groups -OCH3 is 1. The van der Waals surface area contributed by atoms with E-state index >= 15 is 0 Å². The van der Waals surface area contributed by atoms with E-state index in [0.29, 0.717) is 11.3 Å². The van der Waals surface area contributed by atoms with Gasteiger partial charge in [0.05, 0.1) is 30.3 Å². The van der Waals surface area contributed by atoms with Crippen molar-refractivity contribution in [1.29, 1.82) is 0 Å². The summed E-state index contributed by atoms with van der Waals surface area (Å²) >= 11 is 18.1. The van der Waals surface area contributed by atoms with Gasteiger partial charge in [-0.2, -0.15) is 0 Å². The van der Waals surface area contributed by atoms with Crippen LogP contribution >= 0.6 is 34.8 Å². The maximum absolute atomic E-state index is 14.5. The quantitative estimate of drug-likeness (QED) is 0.542. The van der Waals surface area contributed by atoms with Crippen molar-refractivity contribution in [2.75, 3.05) is 7.11 Å². The topological polar surface area (TPSA) is 39.9 Å². The van der Waals surface area contributed by atoms with Gasteiger partial charge in [-0.25, -0.2) is 18.7 Å². The first-order valence-electron chi connectivity index (χ1n) is 6.93. The Labute approximate surface area is 156 Å². The summed E-state index contributed by atoms with van der Waals surface area (Å²) in [6, 6.07) is 3.69. The number of rotatable bonds is 3. The molecule has 1 aromatic carbocycles. The minimum absolute atomic E-state index is 0.0310. The summed E-state index contributed by atoms with van der Waals surface area (Å²) in [5.41, 5.74) is 0.709. The molecular formula is C16H10Cl3F2N3O. The van der Waals surface area contributed by atoms with E-state index in [4.69, 9.17) is 39.5 Å². The van der Waals surface area contributed by atoms with Crippen LogP contribution in [-0.2, 0) is 0 Å². The second-order valence-corrected chi connectivity index (χ2v) is 6.20. The smallest absolute Gasteiger partial charge is 0.209 e. The fourth-order valence-corrected chi connectivity index (χ4v) is 3.22. The average Bonchev–Trinajstić information content (AvgIpc) is 2.81. The number of pyridine rings is 1. The second kappa shape index (κ2) is 6.78. The van der Waals surface area contributed by atoms with Crippen LogP contribution in [0, 0.1) is 18.6 Å². The van der Waals surface area contributed by atoms with Crippen molar-refractivity contribution in [1.82, 2.24) is 14.5 Å². The maximum atomic E-state index is 14.5. The highest BCUT2D eigenvalue weighted by Gasteiger charge is 2.25. The van der Waals surface area contributed by atoms with E-state index in [2.05, 4.69) is 9.97 Å². The van der Waals surface area contributed by atoms with Gasteiger partial charge >= 0.3 is 0 Å². The molecule has 0 spiro atoms. The third-order valence-electron chi connectivity index (χ3n) is 3.57. The number of hydrogen-bond acceptors (Lipinski definition) is 3. The van der Waals surface area contributed by atoms with Crippen molar-refractivity contribution in [2.24, 2.45) is 0 Å². The van der Waals surface area contributed by atoms with Crippen LogP contribution in [-0.4, -0.2) is 21.6 Å². The Balaban J connectivity index is 2.33. The molecule has 0 atom stereocenters. The number of nitrogens with zero attached hydrogens (tertiary/aromatic N) is 3. The molecule has 9 heteroatoms. The molecule has 2 aromatic heterocycles. The van der Waals surface area contributed by atoms with Crippen molar-refractivity contribution in [3.05, 3.63) is 57.2 Å². The summed E-state index contributed by atoms with van der Waals surface area (Å²) < 4.78 is 35.2. The Kier molecular flexibility index (Phi) is 4.86. The first-order valence-corrected chi connectivity index (χ1v) is 8.06. The number of halogens is 5. The van der Waals surface area contributed by atoms with Gasteiger partial charge in [0, 0.05) is 12.1 Å². The molecule has 0 radical (unpaired) electrons. The summed E-state index contributed by atoms with van der Waals surface area (Å²) in [5, 5.41) is 0.0519. The van der Waals surface area contributed by atoms with Gasteiger partial charge in [0.25, 0.3) is 0 Å². The molecule has 0 bridgehead atoms. The van der Waals surface area contributed by atoms with Crippen LogP contribution in [0.5, 0.6) is 5.75 Å². The van der Waals surface area contributed by atoms with Gasteiger partial charge in [0.15, 0.2) is 5.15 Å². The van der Waals surface area contributed by atoms with E-state index in [-0.39, 0.29) is 32.6 Å². The molecule has 3 rings (SSSR count). The predicted octanol–water partition coefficient (Wildman–Crippen LogP) is 5.49. The monoisotopic (exact) mass is 403 g/mol. The van der Waals surface area contributed by atoms with Crippen molar-refractivity contribution >= 4 is 34.8 Å². The zero-order valence-electron chi connectivity index (χ0n) is 12.9. The second-order valence-electron chi connectivity index (χ2n) is 5.12. The highest BCUT2D eigenvalue weighted by molar-refractivity contribution is 6.34. The molecule has 0 aliphatic rings. The number of benzene rings is 1. The lowest BCUT2D eigenvalue weighted by atomic mass is 10.1. The van der Waals surface area contributed by atoms with Gasteiger partial charge in [-0.05, 0) is 30.2 Å². The van der Waals surface area contributed by atoms with Crippen molar-refractivity contribution < 1.29 is 13.5 Å². The molecular weight excluding hydrogens is 395 g/mol. The van der Waals surface area contributed by atoms with Gasteiger partial charge in [0.2, 0.25) is 5.28 Å². The zero-order valence-corrected chi connectivity index (χ0v) is 15.2. The fourth-order valence-electron chi connectivity index (χ4n) is 2.45. The van der Waals surface area contributed by atoms with Crippen LogP contribution in [0.2, 0.25) is 15.6 Å². The Bertz CT molecular complexity index is 952. The van der Waals surface area contributed by atoms with Crippen LogP contribution < -0.4 is 4.74 Å². The lowest BCUT2D eigenvalue weighted by Gasteiger charge is -2.14. The lowest BCUT2D eigenvalue weighted by molar-refractivity contribution is 0.407. The van der Waals surface area contributed by atoms with Gasteiger partial charge < -0.3 is 4.74 Å². The Morgan fingerprint density at radius 2 is 1.72 bits per heavy atom. The van der Waals surface area contributed by atoms with Gasteiger partial charge in [-0.1, -0.05) is 23.2 Å². The van der Waals surface area contributed by atoms with Crippen molar-refractivity contribution in [3.63, 3.8) is 0 Å². The summed E-state index contributed by atoms with van der Waals surface area (Å²) in [6.45, 7) is 1.75. The van der Waals surface area contributed by atoms with Crippen molar-refractivity contribution in [3.8, 4) is 22.7 Å². The molecule has 0 saturated heterocycles. The maximum Gasteiger partial charge on any atom is 0.209 e.